The fourth-order valence-corrected chi connectivity index (χ4v) is 1.72. The van der Waals surface area contributed by atoms with Crippen molar-refractivity contribution in [3.05, 3.63) is 23.4 Å². The first-order chi connectivity index (χ1) is 8.70. The molecular formula is C12H13N5O. The zero-order valence-electron chi connectivity index (χ0n) is 10.0. The molecule has 0 radical (unpaired) electrons. The number of hydrogen-bond acceptors (Lipinski definition) is 5. The number of hydrogen-bond donors (Lipinski definition) is 2. The smallest absolute Gasteiger partial charge is 0.254 e. The van der Waals surface area contributed by atoms with E-state index in [0.29, 0.717) is 6.42 Å². The Morgan fingerprint density at radius 1 is 1.67 bits per heavy atom. The third-order valence-electron chi connectivity index (χ3n) is 2.55. The Balaban J connectivity index is 2.20. The summed E-state index contributed by atoms with van der Waals surface area (Å²) in [6, 6.07) is 5.61. The summed E-state index contributed by atoms with van der Waals surface area (Å²) in [4.78, 5) is 15.6. The van der Waals surface area contributed by atoms with Gasteiger partial charge in [-0.15, -0.1) is 0 Å². The number of rotatable bonds is 2. The molecule has 0 saturated heterocycles. The molecule has 0 aromatic carbocycles. The molecule has 1 aromatic heterocycles. The Bertz CT molecular complexity index is 544. The monoisotopic (exact) mass is 243 g/mol. The molecular weight excluding hydrogens is 230 g/mol. The van der Waals surface area contributed by atoms with Gasteiger partial charge < -0.3 is 5.32 Å². The lowest BCUT2D eigenvalue weighted by molar-refractivity contribution is -0.120. The van der Waals surface area contributed by atoms with Crippen molar-refractivity contribution in [2.75, 3.05) is 11.9 Å². The summed E-state index contributed by atoms with van der Waals surface area (Å²) in [5.74, 6) is 0.389. The number of aryl methyl sites for hydroxylation is 1. The van der Waals surface area contributed by atoms with Crippen LogP contribution in [0.15, 0.2) is 17.2 Å². The molecule has 92 valence electrons. The van der Waals surface area contributed by atoms with E-state index in [1.54, 1.807) is 6.07 Å². The Labute approximate surface area is 105 Å². The molecule has 18 heavy (non-hydrogen) atoms. The van der Waals surface area contributed by atoms with Crippen LogP contribution in [0, 0.1) is 18.3 Å². The van der Waals surface area contributed by atoms with Crippen LogP contribution in [0.25, 0.3) is 0 Å². The maximum atomic E-state index is 11.2. The largest absolute Gasteiger partial charge is 0.369 e. The molecule has 0 unspecified atom stereocenters. The van der Waals surface area contributed by atoms with E-state index in [1.165, 1.54) is 0 Å². The fourth-order valence-electron chi connectivity index (χ4n) is 1.72. The van der Waals surface area contributed by atoms with Crippen LogP contribution in [-0.4, -0.2) is 23.1 Å². The molecule has 1 aromatic rings. The van der Waals surface area contributed by atoms with Gasteiger partial charge in [-0.2, -0.15) is 10.4 Å². The lowest BCUT2D eigenvalue weighted by Gasteiger charge is -2.18. The molecule has 1 aliphatic rings. The summed E-state index contributed by atoms with van der Waals surface area (Å²) in [6.07, 6.45) is 0.526. The van der Waals surface area contributed by atoms with Gasteiger partial charge in [0.1, 0.15) is 12.2 Å². The second kappa shape index (κ2) is 5.27. The molecule has 1 amide bonds. The lowest BCUT2D eigenvalue weighted by atomic mass is 10.0. The van der Waals surface area contributed by atoms with Crippen LogP contribution in [0.1, 0.15) is 24.1 Å². The maximum absolute atomic E-state index is 11.2. The van der Waals surface area contributed by atoms with Crippen LogP contribution in [0.3, 0.4) is 0 Å². The molecule has 0 spiro atoms. The summed E-state index contributed by atoms with van der Waals surface area (Å²) < 4.78 is 0. The van der Waals surface area contributed by atoms with Crippen LogP contribution in [-0.2, 0) is 4.79 Å². The van der Waals surface area contributed by atoms with Crippen molar-refractivity contribution < 1.29 is 4.79 Å². The van der Waals surface area contributed by atoms with Gasteiger partial charge in [0.2, 0.25) is 0 Å². The number of nitrogens with zero attached hydrogens (tertiary/aromatic N) is 3. The summed E-state index contributed by atoms with van der Waals surface area (Å²) in [5.41, 5.74) is 4.98. The second-order valence-corrected chi connectivity index (χ2v) is 3.95. The van der Waals surface area contributed by atoms with E-state index in [2.05, 4.69) is 20.8 Å². The summed E-state index contributed by atoms with van der Waals surface area (Å²) in [7, 11) is 0. The molecule has 6 nitrogen and oxygen atoms in total. The average molecular weight is 243 g/mol. The van der Waals surface area contributed by atoms with E-state index >= 15 is 0 Å². The highest BCUT2D eigenvalue weighted by atomic mass is 16.2. The third kappa shape index (κ3) is 2.63. The minimum absolute atomic E-state index is 0.186. The highest BCUT2D eigenvalue weighted by molar-refractivity contribution is 6.06. The van der Waals surface area contributed by atoms with E-state index in [4.69, 9.17) is 5.26 Å². The average Bonchev–Trinajstić information content (AvgIpc) is 2.36. The first-order valence-electron chi connectivity index (χ1n) is 5.65. The normalized spacial score (nSPS) is 15.4. The number of nitriles is 1. The number of carbonyl (C=O) groups excluding carboxylic acids is 1. The standard InChI is InChI=1S/C12H13N5O/c1-8-2-3-9-10(5-7-14-12(9)15-8)16-17-11(18)4-6-13/h2-3H,4-5,7H2,1H3,(H,14,15)(H,17,18)/b16-10+. The summed E-state index contributed by atoms with van der Waals surface area (Å²) >= 11 is 0. The Hall–Kier alpha value is -2.42. The van der Waals surface area contributed by atoms with Crippen molar-refractivity contribution in [1.82, 2.24) is 10.4 Å². The van der Waals surface area contributed by atoms with Crippen LogP contribution >= 0.6 is 0 Å². The van der Waals surface area contributed by atoms with Crippen LogP contribution < -0.4 is 10.7 Å². The SMILES string of the molecule is Cc1ccc2c(n1)NCC/C2=N\NC(=O)CC#N. The summed E-state index contributed by atoms with van der Waals surface area (Å²) in [5, 5.41) is 15.6. The Kier molecular flexibility index (Phi) is 3.53. The Morgan fingerprint density at radius 3 is 3.28 bits per heavy atom. The molecule has 2 N–H and O–H groups in total. The van der Waals surface area contributed by atoms with Crippen LogP contribution in [0.4, 0.5) is 5.82 Å². The van der Waals surface area contributed by atoms with E-state index in [0.717, 1.165) is 29.3 Å². The van der Waals surface area contributed by atoms with Crippen LogP contribution in [0.5, 0.6) is 0 Å². The van der Waals surface area contributed by atoms with Crippen molar-refractivity contribution in [3.8, 4) is 6.07 Å². The van der Waals surface area contributed by atoms with Gasteiger partial charge in [-0.25, -0.2) is 10.4 Å². The van der Waals surface area contributed by atoms with Gasteiger partial charge in [0, 0.05) is 24.2 Å². The number of anilines is 1. The molecule has 6 heteroatoms. The van der Waals surface area contributed by atoms with E-state index in [9.17, 15) is 4.79 Å². The molecule has 0 atom stereocenters. The molecule has 2 rings (SSSR count). The van der Waals surface area contributed by atoms with Gasteiger partial charge in [-0.05, 0) is 19.1 Å². The van der Waals surface area contributed by atoms with Gasteiger partial charge in [0.25, 0.3) is 5.91 Å². The summed E-state index contributed by atoms with van der Waals surface area (Å²) in [6.45, 7) is 2.65. The van der Waals surface area contributed by atoms with Crippen molar-refractivity contribution in [3.63, 3.8) is 0 Å². The van der Waals surface area contributed by atoms with E-state index < -0.39 is 5.91 Å². The van der Waals surface area contributed by atoms with Gasteiger partial charge >= 0.3 is 0 Å². The van der Waals surface area contributed by atoms with Crippen molar-refractivity contribution in [2.45, 2.75) is 19.8 Å². The van der Waals surface area contributed by atoms with Crippen molar-refractivity contribution in [2.24, 2.45) is 5.10 Å². The van der Waals surface area contributed by atoms with Crippen LogP contribution in [0.2, 0.25) is 0 Å². The number of aromatic nitrogens is 1. The van der Waals surface area contributed by atoms with E-state index in [-0.39, 0.29) is 6.42 Å². The highest BCUT2D eigenvalue weighted by Crippen LogP contribution is 2.20. The zero-order valence-corrected chi connectivity index (χ0v) is 10.0. The maximum Gasteiger partial charge on any atom is 0.254 e. The molecule has 2 heterocycles. The van der Waals surface area contributed by atoms with Crippen molar-refractivity contribution in [1.29, 1.82) is 5.26 Å². The molecule has 1 aliphatic heterocycles. The number of amides is 1. The van der Waals surface area contributed by atoms with Gasteiger partial charge in [0.05, 0.1) is 11.8 Å². The Morgan fingerprint density at radius 2 is 2.50 bits per heavy atom. The first kappa shape index (κ1) is 12.0. The quantitative estimate of drug-likeness (QED) is 0.756. The molecule has 0 aliphatic carbocycles. The number of hydrazone groups is 1. The fraction of sp³-hybridized carbons (Fsp3) is 0.333. The molecule has 0 fully saturated rings. The topological polar surface area (TPSA) is 90.2 Å². The number of nitrogens with one attached hydrogen (secondary N) is 2. The first-order valence-corrected chi connectivity index (χ1v) is 5.65. The highest BCUT2D eigenvalue weighted by Gasteiger charge is 2.16. The zero-order chi connectivity index (χ0) is 13.0. The van der Waals surface area contributed by atoms with Gasteiger partial charge in [-0.3, -0.25) is 4.79 Å². The number of fused-ring (bicyclic) bond motifs is 1. The number of carbonyl (C=O) groups is 1. The van der Waals surface area contributed by atoms with Gasteiger partial charge in [-0.1, -0.05) is 0 Å². The van der Waals surface area contributed by atoms with Gasteiger partial charge in [0.15, 0.2) is 0 Å². The third-order valence-corrected chi connectivity index (χ3v) is 2.55. The second-order valence-electron chi connectivity index (χ2n) is 3.95. The molecule has 0 saturated carbocycles. The lowest BCUT2D eigenvalue weighted by Crippen LogP contribution is -2.24. The predicted molar refractivity (Wildman–Crippen MR) is 67.0 cm³/mol. The van der Waals surface area contributed by atoms with Crippen molar-refractivity contribution >= 4 is 17.4 Å². The van der Waals surface area contributed by atoms with E-state index in [1.807, 2.05) is 19.1 Å². The minimum Gasteiger partial charge on any atom is -0.369 e. The minimum atomic E-state index is -0.398. The predicted octanol–water partition coefficient (Wildman–Crippen LogP) is 0.940. The number of pyridine rings is 1. The molecule has 0 bridgehead atoms.